The smallest absolute Gasteiger partial charge is 0.219 e. The Morgan fingerprint density at radius 3 is 2.57 bits per heavy atom. The molecule has 158 valence electrons. The minimum atomic E-state index is -0.487. The van der Waals surface area contributed by atoms with Gasteiger partial charge in [-0.3, -0.25) is 15.1 Å². The molecular formula is C23H26ClN3O3. The Hall–Kier alpha value is -2.57. The predicted molar refractivity (Wildman–Crippen MR) is 117 cm³/mol. The number of ether oxygens (including phenoxy) is 1. The molecule has 2 aliphatic heterocycles. The Bertz CT molecular complexity index is 966. The van der Waals surface area contributed by atoms with E-state index < -0.39 is 5.66 Å². The highest BCUT2D eigenvalue weighted by molar-refractivity contribution is 6.30. The van der Waals surface area contributed by atoms with Crippen LogP contribution in [-0.2, 0) is 4.79 Å². The number of benzene rings is 2. The fraction of sp³-hybridized carbons (Fsp3) is 0.391. The molecule has 1 spiro atoms. The number of carbonyl (C=O) groups is 1. The number of nitrogens with one attached hydrogen (secondary N) is 1. The number of amides is 1. The summed E-state index contributed by atoms with van der Waals surface area (Å²) in [4.78, 5) is 18.8. The molecule has 1 amide bonds. The Labute approximate surface area is 181 Å². The summed E-state index contributed by atoms with van der Waals surface area (Å²) < 4.78 is 5.28. The maximum Gasteiger partial charge on any atom is 0.219 e. The van der Waals surface area contributed by atoms with E-state index in [1.54, 1.807) is 26.2 Å². The van der Waals surface area contributed by atoms with E-state index in [0.29, 0.717) is 37.4 Å². The van der Waals surface area contributed by atoms with E-state index in [0.717, 1.165) is 22.6 Å². The Kier molecular flexibility index (Phi) is 5.71. The van der Waals surface area contributed by atoms with Gasteiger partial charge in [0.05, 0.1) is 7.11 Å². The lowest BCUT2D eigenvalue weighted by Gasteiger charge is -2.45. The summed E-state index contributed by atoms with van der Waals surface area (Å²) >= 11 is 6.23. The number of halogens is 1. The number of rotatable bonds is 3. The Morgan fingerprint density at radius 1 is 1.23 bits per heavy atom. The van der Waals surface area contributed by atoms with Gasteiger partial charge in [0.15, 0.2) is 0 Å². The van der Waals surface area contributed by atoms with E-state index in [9.17, 15) is 9.90 Å². The largest absolute Gasteiger partial charge is 0.508 e. The van der Waals surface area contributed by atoms with Gasteiger partial charge in [0.1, 0.15) is 17.2 Å². The van der Waals surface area contributed by atoms with Gasteiger partial charge in [0.25, 0.3) is 0 Å². The van der Waals surface area contributed by atoms with Crippen molar-refractivity contribution in [1.29, 1.82) is 0 Å². The second-order valence-electron chi connectivity index (χ2n) is 7.93. The number of phenolic OH excluding ortho intramolecular Hbond substituents is 1. The van der Waals surface area contributed by atoms with Crippen LogP contribution in [0.25, 0.3) is 0 Å². The second kappa shape index (κ2) is 8.28. The molecule has 2 N–H and O–H groups in total. The first-order valence-electron chi connectivity index (χ1n) is 10.1. The van der Waals surface area contributed by atoms with E-state index >= 15 is 0 Å². The van der Waals surface area contributed by atoms with Crippen LogP contribution < -0.4 is 10.1 Å². The van der Waals surface area contributed by atoms with Crippen LogP contribution in [-0.4, -0.2) is 47.5 Å². The first-order chi connectivity index (χ1) is 14.4. The van der Waals surface area contributed by atoms with Crippen LogP contribution in [0, 0.1) is 0 Å². The molecule has 2 aliphatic rings. The van der Waals surface area contributed by atoms with Crippen molar-refractivity contribution in [2.45, 2.75) is 37.9 Å². The number of methoxy groups -OCH3 is 1. The molecule has 1 atom stereocenters. The number of phenols is 1. The van der Waals surface area contributed by atoms with Crippen molar-refractivity contribution in [2.24, 2.45) is 4.99 Å². The number of aromatic hydroxyl groups is 1. The molecule has 0 saturated carbocycles. The second-order valence-corrected chi connectivity index (χ2v) is 8.37. The van der Waals surface area contributed by atoms with Gasteiger partial charge in [-0.15, -0.1) is 0 Å². The monoisotopic (exact) mass is 427 g/mol. The Balaban J connectivity index is 1.71. The minimum absolute atomic E-state index is 0.0871. The van der Waals surface area contributed by atoms with Crippen molar-refractivity contribution < 1.29 is 14.6 Å². The van der Waals surface area contributed by atoms with Crippen LogP contribution in [0.5, 0.6) is 11.5 Å². The van der Waals surface area contributed by atoms with Crippen molar-refractivity contribution in [3.05, 3.63) is 58.6 Å². The fourth-order valence-electron chi connectivity index (χ4n) is 4.31. The van der Waals surface area contributed by atoms with Gasteiger partial charge in [-0.2, -0.15) is 0 Å². The van der Waals surface area contributed by atoms with Gasteiger partial charge in [-0.1, -0.05) is 11.6 Å². The highest BCUT2D eigenvalue weighted by Crippen LogP contribution is 2.38. The van der Waals surface area contributed by atoms with Crippen LogP contribution in [0.4, 0.5) is 0 Å². The topological polar surface area (TPSA) is 74.2 Å². The number of nitrogens with zero attached hydrogens (tertiary/aromatic N) is 2. The van der Waals surface area contributed by atoms with Gasteiger partial charge in [-0.25, -0.2) is 0 Å². The number of piperidine rings is 1. The molecule has 30 heavy (non-hydrogen) atoms. The third-order valence-electron chi connectivity index (χ3n) is 6.01. The SMILES string of the molecule is COc1ccc(C2=NC3(CCN(C(C)=O)CC3)N[C@@H](c3cc(Cl)ccc3O)C2)cc1. The van der Waals surface area contributed by atoms with E-state index in [-0.39, 0.29) is 17.7 Å². The van der Waals surface area contributed by atoms with E-state index in [2.05, 4.69) is 5.32 Å². The minimum Gasteiger partial charge on any atom is -0.508 e. The van der Waals surface area contributed by atoms with Crippen LogP contribution in [0.2, 0.25) is 5.02 Å². The lowest BCUT2D eigenvalue weighted by atomic mass is 9.87. The van der Waals surface area contributed by atoms with Gasteiger partial charge in [0, 0.05) is 61.6 Å². The highest BCUT2D eigenvalue weighted by Gasteiger charge is 2.41. The summed E-state index contributed by atoms with van der Waals surface area (Å²) in [7, 11) is 1.65. The summed E-state index contributed by atoms with van der Waals surface area (Å²) in [6, 6.07) is 12.9. The van der Waals surface area contributed by atoms with Gasteiger partial charge >= 0.3 is 0 Å². The predicted octanol–water partition coefficient (Wildman–Crippen LogP) is 3.92. The third kappa shape index (κ3) is 4.16. The molecule has 2 heterocycles. The number of likely N-dealkylation sites (tertiary alicyclic amines) is 1. The average Bonchev–Trinajstić information content (AvgIpc) is 2.75. The number of hydrogen-bond acceptors (Lipinski definition) is 5. The molecular weight excluding hydrogens is 402 g/mol. The van der Waals surface area contributed by atoms with Gasteiger partial charge in [-0.05, 0) is 48.0 Å². The summed E-state index contributed by atoms with van der Waals surface area (Å²) in [5, 5.41) is 14.8. The van der Waals surface area contributed by atoms with Crippen molar-refractivity contribution in [1.82, 2.24) is 10.2 Å². The molecule has 4 rings (SSSR count). The highest BCUT2D eigenvalue weighted by atomic mass is 35.5. The quantitative estimate of drug-likeness (QED) is 0.778. The zero-order valence-electron chi connectivity index (χ0n) is 17.2. The van der Waals surface area contributed by atoms with Crippen molar-refractivity contribution >= 4 is 23.2 Å². The van der Waals surface area contributed by atoms with E-state index in [1.165, 1.54) is 0 Å². The van der Waals surface area contributed by atoms with Crippen LogP contribution in [0.15, 0.2) is 47.5 Å². The molecule has 2 aromatic rings. The number of hydrogen-bond donors (Lipinski definition) is 2. The maximum atomic E-state index is 11.8. The van der Waals surface area contributed by atoms with Gasteiger partial charge in [0.2, 0.25) is 5.91 Å². The molecule has 0 aromatic heterocycles. The molecule has 0 aliphatic carbocycles. The van der Waals surface area contributed by atoms with Crippen LogP contribution >= 0.6 is 11.6 Å². The lowest BCUT2D eigenvalue weighted by Crippen LogP contribution is -2.56. The third-order valence-corrected chi connectivity index (χ3v) is 6.25. The molecule has 6 nitrogen and oxygen atoms in total. The first-order valence-corrected chi connectivity index (χ1v) is 10.5. The van der Waals surface area contributed by atoms with Crippen molar-refractivity contribution in [2.75, 3.05) is 20.2 Å². The molecule has 1 fully saturated rings. The normalized spacial score (nSPS) is 20.7. The standard InChI is InChI=1S/C23H26ClN3O3/c1-15(28)27-11-9-23(10-12-27)25-20(16-3-6-18(30-2)7-4-16)14-21(26-23)19-13-17(24)5-8-22(19)29/h3-8,13,21,26,29H,9-12,14H2,1-2H3/t21-/m1/s1. The summed E-state index contributed by atoms with van der Waals surface area (Å²) in [5.74, 6) is 1.09. The van der Waals surface area contributed by atoms with Crippen molar-refractivity contribution in [3.8, 4) is 11.5 Å². The van der Waals surface area contributed by atoms with E-state index in [1.807, 2.05) is 35.2 Å². The van der Waals surface area contributed by atoms with Crippen molar-refractivity contribution in [3.63, 3.8) is 0 Å². The first kappa shape index (κ1) is 20.7. The van der Waals surface area contributed by atoms with Crippen LogP contribution in [0.1, 0.15) is 43.4 Å². The average molecular weight is 428 g/mol. The Morgan fingerprint density at radius 2 is 1.93 bits per heavy atom. The fourth-order valence-corrected chi connectivity index (χ4v) is 4.49. The lowest BCUT2D eigenvalue weighted by molar-refractivity contribution is -0.130. The zero-order chi connectivity index (χ0) is 21.3. The van der Waals surface area contributed by atoms with Crippen LogP contribution in [0.3, 0.4) is 0 Å². The molecule has 0 radical (unpaired) electrons. The molecule has 7 heteroatoms. The molecule has 1 saturated heterocycles. The molecule has 2 aromatic carbocycles. The van der Waals surface area contributed by atoms with E-state index in [4.69, 9.17) is 21.3 Å². The maximum absolute atomic E-state index is 11.8. The number of carbonyl (C=O) groups excluding carboxylic acids is 1. The molecule has 0 unspecified atom stereocenters. The summed E-state index contributed by atoms with van der Waals surface area (Å²) in [5.41, 5.74) is 2.27. The summed E-state index contributed by atoms with van der Waals surface area (Å²) in [6.45, 7) is 2.90. The summed E-state index contributed by atoms with van der Waals surface area (Å²) in [6.07, 6.45) is 2.05. The number of aliphatic imine (C=N–C) groups is 1. The molecule has 0 bridgehead atoms. The van der Waals surface area contributed by atoms with Gasteiger partial charge < -0.3 is 14.7 Å². The zero-order valence-corrected chi connectivity index (χ0v) is 17.9.